The maximum atomic E-state index is 12.6. The molecule has 1 unspecified atom stereocenters. The quantitative estimate of drug-likeness (QED) is 0.918. The third-order valence-corrected chi connectivity index (χ3v) is 5.53. The first-order valence-electron chi connectivity index (χ1n) is 8.14. The average molecular weight is 329 g/mol. The molecule has 2 amide bonds. The lowest BCUT2D eigenvalue weighted by molar-refractivity contribution is 0.205. The molecule has 1 atom stereocenters. The summed E-state index contributed by atoms with van der Waals surface area (Å²) in [4.78, 5) is 29.0. The zero-order chi connectivity index (χ0) is 15.6. The molecule has 1 saturated heterocycles. The Kier molecular flexibility index (Phi) is 3.95. The molecule has 7 heteroatoms. The van der Waals surface area contributed by atoms with Crippen LogP contribution in [-0.2, 0) is 12.8 Å². The van der Waals surface area contributed by atoms with Crippen molar-refractivity contribution in [2.75, 3.05) is 11.9 Å². The summed E-state index contributed by atoms with van der Waals surface area (Å²) in [5.74, 6) is 0.721. The maximum Gasteiger partial charge on any atom is 0.324 e. The van der Waals surface area contributed by atoms with Crippen LogP contribution < -0.4 is 5.32 Å². The highest BCUT2D eigenvalue weighted by atomic mass is 32.1. The molecule has 4 rings (SSSR count). The van der Waals surface area contributed by atoms with Crippen molar-refractivity contribution in [3.8, 4) is 0 Å². The fourth-order valence-electron chi connectivity index (χ4n) is 3.33. The number of carbonyl (C=O) groups is 1. The number of anilines is 1. The van der Waals surface area contributed by atoms with Crippen LogP contribution in [0.25, 0.3) is 0 Å². The van der Waals surface area contributed by atoms with Gasteiger partial charge in [0.15, 0.2) is 11.0 Å². The van der Waals surface area contributed by atoms with Gasteiger partial charge in [-0.25, -0.2) is 19.7 Å². The van der Waals surface area contributed by atoms with Crippen molar-refractivity contribution in [3.05, 3.63) is 34.9 Å². The Hall–Kier alpha value is -2.02. The van der Waals surface area contributed by atoms with E-state index in [9.17, 15) is 4.79 Å². The number of hydrogen-bond acceptors (Lipinski definition) is 5. The third kappa shape index (κ3) is 2.93. The molecule has 0 saturated carbocycles. The van der Waals surface area contributed by atoms with Gasteiger partial charge < -0.3 is 4.90 Å². The second kappa shape index (κ2) is 6.23. The minimum absolute atomic E-state index is 0.0363. The Bertz CT molecular complexity index is 678. The monoisotopic (exact) mass is 329 g/mol. The molecule has 0 bridgehead atoms. The summed E-state index contributed by atoms with van der Waals surface area (Å²) in [6.45, 7) is 0.736. The number of likely N-dealkylation sites (tertiary alicyclic amines) is 1. The number of fused-ring (bicyclic) bond motifs is 1. The number of nitrogens with zero attached hydrogens (tertiary/aromatic N) is 4. The van der Waals surface area contributed by atoms with E-state index in [1.807, 2.05) is 4.90 Å². The van der Waals surface area contributed by atoms with Crippen molar-refractivity contribution in [2.45, 2.75) is 44.6 Å². The van der Waals surface area contributed by atoms with Gasteiger partial charge in [-0.1, -0.05) is 0 Å². The first kappa shape index (κ1) is 14.6. The van der Waals surface area contributed by atoms with Gasteiger partial charge in [-0.3, -0.25) is 5.32 Å². The summed E-state index contributed by atoms with van der Waals surface area (Å²) in [6, 6.07) is 1.67. The zero-order valence-electron chi connectivity index (χ0n) is 12.9. The van der Waals surface area contributed by atoms with Crippen LogP contribution in [0.15, 0.2) is 18.5 Å². The number of nitrogens with one attached hydrogen (secondary N) is 1. The molecule has 23 heavy (non-hydrogen) atoms. The number of urea groups is 1. The summed E-state index contributed by atoms with van der Waals surface area (Å²) in [6.07, 6.45) is 9.89. The SMILES string of the molecule is O=C(Nc1nc2c(s1)CCCC2)N1CCCC1c1ncccn1. The van der Waals surface area contributed by atoms with Gasteiger partial charge in [0.1, 0.15) is 0 Å². The Labute approximate surface area is 139 Å². The van der Waals surface area contributed by atoms with Crippen molar-refractivity contribution in [3.63, 3.8) is 0 Å². The summed E-state index contributed by atoms with van der Waals surface area (Å²) in [5.41, 5.74) is 1.17. The fraction of sp³-hybridized carbons (Fsp3) is 0.500. The van der Waals surface area contributed by atoms with Gasteiger partial charge in [-0.15, -0.1) is 11.3 Å². The number of hydrogen-bond donors (Lipinski definition) is 1. The maximum absolute atomic E-state index is 12.6. The van der Waals surface area contributed by atoms with Crippen LogP contribution in [0.3, 0.4) is 0 Å². The van der Waals surface area contributed by atoms with Crippen molar-refractivity contribution >= 4 is 22.5 Å². The first-order chi connectivity index (χ1) is 11.3. The Morgan fingerprint density at radius 1 is 1.22 bits per heavy atom. The van der Waals surface area contributed by atoms with Crippen molar-refractivity contribution in [2.24, 2.45) is 0 Å². The summed E-state index contributed by atoms with van der Waals surface area (Å²) in [5, 5.41) is 3.70. The van der Waals surface area contributed by atoms with Crippen molar-refractivity contribution < 1.29 is 4.79 Å². The van der Waals surface area contributed by atoms with Crippen molar-refractivity contribution in [1.82, 2.24) is 19.9 Å². The Morgan fingerprint density at radius 3 is 2.87 bits per heavy atom. The van der Waals surface area contributed by atoms with Crippen LogP contribution in [0.2, 0.25) is 0 Å². The van der Waals surface area contributed by atoms with E-state index in [4.69, 9.17) is 0 Å². The lowest BCUT2D eigenvalue weighted by atomic mass is 10.0. The third-order valence-electron chi connectivity index (χ3n) is 4.46. The molecule has 2 aliphatic rings. The second-order valence-electron chi connectivity index (χ2n) is 5.98. The molecule has 3 heterocycles. The lowest BCUT2D eigenvalue weighted by Crippen LogP contribution is -2.35. The predicted octanol–water partition coefficient (Wildman–Crippen LogP) is 3.18. The van der Waals surface area contributed by atoms with E-state index >= 15 is 0 Å². The highest BCUT2D eigenvalue weighted by molar-refractivity contribution is 7.15. The highest BCUT2D eigenvalue weighted by Gasteiger charge is 2.32. The minimum Gasteiger partial charge on any atom is -0.314 e. The van der Waals surface area contributed by atoms with Crippen LogP contribution >= 0.6 is 11.3 Å². The topological polar surface area (TPSA) is 71.0 Å². The zero-order valence-corrected chi connectivity index (χ0v) is 13.7. The van der Waals surface area contributed by atoms with Crippen LogP contribution in [0.4, 0.5) is 9.93 Å². The number of rotatable bonds is 2. The molecule has 0 aromatic carbocycles. The van der Waals surface area contributed by atoms with Crippen LogP contribution in [0.1, 0.15) is 48.1 Å². The van der Waals surface area contributed by atoms with Gasteiger partial charge >= 0.3 is 6.03 Å². The molecule has 0 radical (unpaired) electrons. The minimum atomic E-state index is -0.0916. The van der Waals surface area contributed by atoms with E-state index in [0.29, 0.717) is 0 Å². The summed E-state index contributed by atoms with van der Waals surface area (Å²) >= 11 is 1.62. The Balaban J connectivity index is 1.49. The Morgan fingerprint density at radius 2 is 2.04 bits per heavy atom. The smallest absolute Gasteiger partial charge is 0.314 e. The highest BCUT2D eigenvalue weighted by Crippen LogP contribution is 2.32. The molecule has 1 fully saturated rings. The predicted molar refractivity (Wildman–Crippen MR) is 88.5 cm³/mol. The molecule has 2 aromatic rings. The van der Waals surface area contributed by atoms with E-state index in [2.05, 4.69) is 20.3 Å². The normalized spacial score (nSPS) is 20.3. The molecule has 0 spiro atoms. The van der Waals surface area contributed by atoms with Crippen LogP contribution in [0, 0.1) is 0 Å². The number of thiazole rings is 1. The molecular formula is C16H19N5OS. The number of amides is 2. The van der Waals surface area contributed by atoms with Gasteiger partial charge in [0.05, 0.1) is 11.7 Å². The second-order valence-corrected chi connectivity index (χ2v) is 7.07. The van der Waals surface area contributed by atoms with E-state index in [1.54, 1.807) is 29.8 Å². The van der Waals surface area contributed by atoms with Crippen molar-refractivity contribution in [1.29, 1.82) is 0 Å². The summed E-state index contributed by atoms with van der Waals surface area (Å²) in [7, 11) is 0. The molecule has 1 aliphatic carbocycles. The first-order valence-corrected chi connectivity index (χ1v) is 8.96. The molecule has 1 N–H and O–H groups in total. The number of aromatic nitrogens is 3. The van der Waals surface area contributed by atoms with E-state index in [-0.39, 0.29) is 12.1 Å². The average Bonchev–Trinajstić information content (AvgIpc) is 3.22. The van der Waals surface area contributed by atoms with Crippen LogP contribution in [0.5, 0.6) is 0 Å². The number of aryl methyl sites for hydroxylation is 2. The largest absolute Gasteiger partial charge is 0.324 e. The molecule has 120 valence electrons. The van der Waals surface area contributed by atoms with Crippen LogP contribution in [-0.4, -0.2) is 32.4 Å². The van der Waals surface area contributed by atoms with E-state index in [0.717, 1.165) is 43.2 Å². The number of carbonyl (C=O) groups excluding carboxylic acids is 1. The van der Waals surface area contributed by atoms with Gasteiger partial charge in [-0.05, 0) is 44.6 Å². The van der Waals surface area contributed by atoms with Gasteiger partial charge in [0.25, 0.3) is 0 Å². The molecular weight excluding hydrogens is 310 g/mol. The van der Waals surface area contributed by atoms with E-state index in [1.165, 1.54) is 23.4 Å². The summed E-state index contributed by atoms with van der Waals surface area (Å²) < 4.78 is 0. The molecule has 2 aromatic heterocycles. The fourth-order valence-corrected chi connectivity index (χ4v) is 4.37. The van der Waals surface area contributed by atoms with E-state index < -0.39 is 0 Å². The van der Waals surface area contributed by atoms with Gasteiger partial charge in [0, 0.05) is 23.8 Å². The van der Waals surface area contributed by atoms with Gasteiger partial charge in [0.2, 0.25) is 0 Å². The molecule has 6 nitrogen and oxygen atoms in total. The van der Waals surface area contributed by atoms with Gasteiger partial charge in [-0.2, -0.15) is 0 Å². The molecule has 1 aliphatic heterocycles. The lowest BCUT2D eigenvalue weighted by Gasteiger charge is -2.23. The standard InChI is InChI=1S/C16H19N5OS/c22-16(20-15-19-11-5-1-2-7-13(11)23-15)21-10-3-6-12(21)14-17-8-4-9-18-14/h4,8-9,12H,1-3,5-7,10H2,(H,19,20,22).